The molecule has 134 valence electrons. The minimum Gasteiger partial charge on any atom is -0.350 e. The molecule has 4 amide bonds. The highest BCUT2D eigenvalue weighted by atomic mass is 16.2. The zero-order valence-electron chi connectivity index (χ0n) is 14.3. The van der Waals surface area contributed by atoms with Crippen molar-refractivity contribution in [1.82, 2.24) is 15.5 Å². The van der Waals surface area contributed by atoms with Crippen LogP contribution >= 0.6 is 0 Å². The molecule has 1 aliphatic heterocycles. The monoisotopic (exact) mass is 336 g/mol. The molecule has 2 aliphatic carbocycles. The van der Waals surface area contributed by atoms with Gasteiger partial charge in [-0.2, -0.15) is 0 Å². The van der Waals surface area contributed by atoms with E-state index in [0.717, 1.165) is 37.0 Å². The van der Waals surface area contributed by atoms with Gasteiger partial charge in [0.05, 0.1) is 0 Å². The number of hydrogen-bond acceptors (Lipinski definition) is 4. The smallest absolute Gasteiger partial charge is 0.325 e. The van der Waals surface area contributed by atoms with Crippen molar-refractivity contribution in [3.63, 3.8) is 0 Å². The minimum absolute atomic E-state index is 0.0489. The molecule has 0 bridgehead atoms. The first-order chi connectivity index (χ1) is 11.5. The van der Waals surface area contributed by atoms with Gasteiger partial charge in [-0.25, -0.2) is 4.79 Å². The fourth-order valence-corrected chi connectivity index (χ4v) is 4.00. The van der Waals surface area contributed by atoms with Crippen molar-refractivity contribution >= 4 is 17.8 Å². The van der Waals surface area contributed by atoms with Crippen molar-refractivity contribution in [2.45, 2.75) is 63.5 Å². The molecule has 1 atom stereocenters. The maximum Gasteiger partial charge on any atom is 0.325 e. The predicted octanol–water partition coefficient (Wildman–Crippen LogP) is 0.731. The molecular formula is C17H28N4O3. The van der Waals surface area contributed by atoms with Gasteiger partial charge < -0.3 is 16.4 Å². The Labute approximate surface area is 142 Å². The summed E-state index contributed by atoms with van der Waals surface area (Å²) < 4.78 is 0. The van der Waals surface area contributed by atoms with Gasteiger partial charge in [-0.3, -0.25) is 14.5 Å². The average Bonchev–Trinajstić information content (AvgIpc) is 3.39. The highest BCUT2D eigenvalue weighted by Gasteiger charge is 2.52. The minimum atomic E-state index is -0.785. The van der Waals surface area contributed by atoms with Gasteiger partial charge in [0.2, 0.25) is 5.91 Å². The lowest BCUT2D eigenvalue weighted by atomic mass is 9.75. The van der Waals surface area contributed by atoms with E-state index in [4.69, 9.17) is 5.73 Å². The third-order valence-corrected chi connectivity index (χ3v) is 5.88. The second-order valence-corrected chi connectivity index (χ2v) is 7.50. The molecule has 4 N–H and O–H groups in total. The van der Waals surface area contributed by atoms with Crippen molar-refractivity contribution in [3.8, 4) is 0 Å². The van der Waals surface area contributed by atoms with Gasteiger partial charge in [-0.1, -0.05) is 13.3 Å². The van der Waals surface area contributed by atoms with Crippen molar-refractivity contribution in [1.29, 1.82) is 0 Å². The zero-order valence-corrected chi connectivity index (χ0v) is 14.3. The summed E-state index contributed by atoms with van der Waals surface area (Å²) in [5, 5.41) is 5.72. The molecule has 3 rings (SSSR count). The maximum atomic E-state index is 12.8. The molecule has 1 spiro atoms. The van der Waals surface area contributed by atoms with E-state index in [-0.39, 0.29) is 24.4 Å². The van der Waals surface area contributed by atoms with Crippen LogP contribution in [0.1, 0.15) is 51.9 Å². The van der Waals surface area contributed by atoms with E-state index in [9.17, 15) is 14.4 Å². The Kier molecular flexibility index (Phi) is 4.80. The van der Waals surface area contributed by atoms with E-state index in [1.54, 1.807) is 0 Å². The Morgan fingerprint density at radius 3 is 2.54 bits per heavy atom. The molecule has 0 aromatic heterocycles. The van der Waals surface area contributed by atoms with E-state index in [1.807, 2.05) is 0 Å². The Morgan fingerprint density at radius 2 is 2.00 bits per heavy atom. The molecule has 0 aromatic carbocycles. The number of nitrogens with one attached hydrogen (secondary N) is 2. The van der Waals surface area contributed by atoms with Crippen LogP contribution in [-0.4, -0.2) is 47.4 Å². The van der Waals surface area contributed by atoms with Gasteiger partial charge in [0.15, 0.2) is 0 Å². The van der Waals surface area contributed by atoms with E-state index in [1.165, 1.54) is 0 Å². The normalized spacial score (nSPS) is 31.2. The summed E-state index contributed by atoms with van der Waals surface area (Å²) in [4.78, 5) is 38.3. The van der Waals surface area contributed by atoms with Gasteiger partial charge in [0, 0.05) is 12.6 Å². The number of carbonyl (C=O) groups excluding carboxylic acids is 3. The van der Waals surface area contributed by atoms with E-state index in [0.29, 0.717) is 31.2 Å². The van der Waals surface area contributed by atoms with Gasteiger partial charge in [0.25, 0.3) is 5.91 Å². The number of urea groups is 1. The number of imide groups is 1. The number of amides is 4. The Bertz CT molecular complexity index is 524. The first kappa shape index (κ1) is 17.2. The molecular weight excluding hydrogens is 308 g/mol. The Hall–Kier alpha value is -1.63. The third-order valence-electron chi connectivity index (χ3n) is 5.88. The van der Waals surface area contributed by atoms with Gasteiger partial charge in [-0.05, 0) is 50.4 Å². The first-order valence-corrected chi connectivity index (χ1v) is 9.12. The zero-order chi connectivity index (χ0) is 17.3. The Morgan fingerprint density at radius 1 is 1.33 bits per heavy atom. The average molecular weight is 336 g/mol. The molecule has 7 heteroatoms. The van der Waals surface area contributed by atoms with Crippen LogP contribution < -0.4 is 16.4 Å². The third kappa shape index (κ3) is 3.27. The summed E-state index contributed by atoms with van der Waals surface area (Å²) in [7, 11) is 0. The number of hydrogen-bond donors (Lipinski definition) is 3. The van der Waals surface area contributed by atoms with Crippen LogP contribution in [0.2, 0.25) is 0 Å². The standard InChI is InChI=1S/C17H28N4O3/c1-2-11-5-7-17(8-6-11)15(23)21(16(24)20-17)10-14(22)19-13(9-18)12-3-4-12/h11-13H,2-10,18H2,1H3,(H,19,22)(H,20,24). The molecule has 0 aromatic rings. The number of nitrogens with two attached hydrogens (primary N) is 1. The Balaban J connectivity index is 1.59. The molecule has 0 radical (unpaired) electrons. The summed E-state index contributed by atoms with van der Waals surface area (Å²) in [6.07, 6.45) is 6.48. The molecule has 24 heavy (non-hydrogen) atoms. The van der Waals surface area contributed by atoms with Crippen molar-refractivity contribution in [3.05, 3.63) is 0 Å². The summed E-state index contributed by atoms with van der Waals surface area (Å²) >= 11 is 0. The van der Waals surface area contributed by atoms with Gasteiger partial charge in [0.1, 0.15) is 12.1 Å². The molecule has 3 fully saturated rings. The SMILES string of the molecule is CCC1CCC2(CC1)NC(=O)N(CC(=O)NC(CN)C1CC1)C2=O. The molecule has 1 unspecified atom stereocenters. The van der Waals surface area contributed by atoms with E-state index < -0.39 is 11.6 Å². The maximum absolute atomic E-state index is 12.8. The van der Waals surface area contributed by atoms with Crippen molar-refractivity contribution in [2.24, 2.45) is 17.6 Å². The molecule has 1 saturated heterocycles. The predicted molar refractivity (Wildman–Crippen MR) is 88.9 cm³/mol. The van der Waals surface area contributed by atoms with Crippen LogP contribution in [0.3, 0.4) is 0 Å². The van der Waals surface area contributed by atoms with Crippen LogP contribution in [0.5, 0.6) is 0 Å². The van der Waals surface area contributed by atoms with Crippen LogP contribution in [0.4, 0.5) is 4.79 Å². The molecule has 7 nitrogen and oxygen atoms in total. The fraction of sp³-hybridized carbons (Fsp3) is 0.824. The van der Waals surface area contributed by atoms with Crippen molar-refractivity contribution < 1.29 is 14.4 Å². The number of rotatable bonds is 6. The molecule has 3 aliphatic rings. The topological polar surface area (TPSA) is 105 Å². The molecule has 2 saturated carbocycles. The first-order valence-electron chi connectivity index (χ1n) is 9.12. The van der Waals surface area contributed by atoms with Crippen LogP contribution in [0.15, 0.2) is 0 Å². The van der Waals surface area contributed by atoms with Crippen LogP contribution in [-0.2, 0) is 9.59 Å². The van der Waals surface area contributed by atoms with Crippen LogP contribution in [0, 0.1) is 11.8 Å². The summed E-state index contributed by atoms with van der Waals surface area (Å²) in [6, 6.07) is -0.493. The largest absolute Gasteiger partial charge is 0.350 e. The van der Waals surface area contributed by atoms with Gasteiger partial charge in [-0.15, -0.1) is 0 Å². The fourth-order valence-electron chi connectivity index (χ4n) is 4.00. The number of carbonyl (C=O) groups is 3. The highest BCUT2D eigenvalue weighted by Crippen LogP contribution is 2.37. The number of nitrogens with zero attached hydrogens (tertiary/aromatic N) is 1. The lowest BCUT2D eigenvalue weighted by Gasteiger charge is -2.34. The van der Waals surface area contributed by atoms with Gasteiger partial charge >= 0.3 is 6.03 Å². The second kappa shape index (κ2) is 6.70. The summed E-state index contributed by atoms with van der Waals surface area (Å²) in [5.41, 5.74) is 4.90. The quantitative estimate of drug-likeness (QED) is 0.622. The second-order valence-electron chi connectivity index (χ2n) is 7.50. The summed E-state index contributed by atoms with van der Waals surface area (Å²) in [6.45, 7) is 2.33. The van der Waals surface area contributed by atoms with E-state index >= 15 is 0 Å². The van der Waals surface area contributed by atoms with E-state index in [2.05, 4.69) is 17.6 Å². The highest BCUT2D eigenvalue weighted by molar-refractivity contribution is 6.09. The van der Waals surface area contributed by atoms with Crippen molar-refractivity contribution in [2.75, 3.05) is 13.1 Å². The molecule has 1 heterocycles. The lowest BCUT2D eigenvalue weighted by Crippen LogP contribution is -2.50. The summed E-state index contributed by atoms with van der Waals surface area (Å²) in [5.74, 6) is 0.521. The van der Waals surface area contributed by atoms with Crippen LogP contribution in [0.25, 0.3) is 0 Å². The lowest BCUT2D eigenvalue weighted by molar-refractivity contribution is -0.136.